The van der Waals surface area contributed by atoms with E-state index in [0.717, 1.165) is 25.4 Å². The Bertz CT molecular complexity index is 1560. The van der Waals surface area contributed by atoms with Crippen LogP contribution in [0.15, 0.2) is 36.5 Å². The number of halogens is 8. The number of alkyl halides is 6. The van der Waals surface area contributed by atoms with Crippen LogP contribution in [0, 0.1) is 18.6 Å². The van der Waals surface area contributed by atoms with Crippen LogP contribution in [0.4, 0.5) is 40.8 Å². The molecular weight excluding hydrogens is 597 g/mol. The molecule has 0 aliphatic carbocycles. The molecule has 1 N–H and O–H groups in total. The Labute approximate surface area is 240 Å². The maximum atomic E-state index is 15.4. The van der Waals surface area contributed by atoms with E-state index in [1.54, 1.807) is 0 Å². The van der Waals surface area contributed by atoms with Gasteiger partial charge in [0.15, 0.2) is 23.1 Å². The van der Waals surface area contributed by atoms with Crippen molar-refractivity contribution in [1.82, 2.24) is 4.98 Å². The Morgan fingerprint density at radius 1 is 0.884 bits per heavy atom. The van der Waals surface area contributed by atoms with Gasteiger partial charge in [-0.25, -0.2) is 14.2 Å². The summed E-state index contributed by atoms with van der Waals surface area (Å²) in [5, 5.41) is 0.900. The summed E-state index contributed by atoms with van der Waals surface area (Å²) in [5.74, 6) is -10.1. The van der Waals surface area contributed by atoms with E-state index < -0.39 is 75.5 Å². The van der Waals surface area contributed by atoms with Gasteiger partial charge in [-0.3, -0.25) is 4.79 Å². The Morgan fingerprint density at radius 2 is 1.49 bits per heavy atom. The summed E-state index contributed by atoms with van der Waals surface area (Å²) < 4.78 is 129. The standard InChI is InChI=1S/C24H19B3F8N2O6/c1-9-8-36-12(21(39)40-2)7-11(9)37-20(38)16-13(4-3-10(17(16)28)22(30,31)32)41-15-6-5-14(42-24(33,34)35)18(29)19(15)43-23(25,26)27/h3-8H,25-27H2,1-2H3,(H,36,37,38). The number of hydrogen-bond acceptors (Lipinski definition) is 7. The molecule has 1 heterocycles. The van der Waals surface area contributed by atoms with Crippen molar-refractivity contribution < 1.29 is 63.7 Å². The molecule has 0 spiro atoms. The molecule has 0 aliphatic rings. The van der Waals surface area contributed by atoms with Crippen molar-refractivity contribution in [3.05, 3.63) is 70.5 Å². The Morgan fingerprint density at radius 3 is 2.05 bits per heavy atom. The second kappa shape index (κ2) is 12.0. The summed E-state index contributed by atoms with van der Waals surface area (Å²) in [6.45, 7) is 1.41. The molecule has 226 valence electrons. The fourth-order valence-corrected chi connectivity index (χ4v) is 3.46. The number of esters is 1. The highest BCUT2D eigenvalue weighted by molar-refractivity contribution is 6.58. The maximum Gasteiger partial charge on any atom is 0.573 e. The number of carbonyl (C=O) groups excluding carboxylic acids is 2. The van der Waals surface area contributed by atoms with Crippen molar-refractivity contribution in [2.45, 2.75) is 24.8 Å². The second-order valence-electron chi connectivity index (χ2n) is 9.70. The van der Waals surface area contributed by atoms with Crippen molar-refractivity contribution in [3.63, 3.8) is 0 Å². The van der Waals surface area contributed by atoms with E-state index in [0.29, 0.717) is 12.1 Å². The molecule has 0 atom stereocenters. The molecule has 1 aromatic heterocycles. The zero-order valence-corrected chi connectivity index (χ0v) is 22.9. The van der Waals surface area contributed by atoms with Crippen LogP contribution < -0.4 is 19.5 Å². The summed E-state index contributed by atoms with van der Waals surface area (Å²) in [5.41, 5.74) is -3.44. The molecular formula is C24H19B3F8N2O6. The van der Waals surface area contributed by atoms with E-state index >= 15 is 8.78 Å². The minimum absolute atomic E-state index is 0.167. The van der Waals surface area contributed by atoms with Crippen molar-refractivity contribution in [3.8, 4) is 23.0 Å². The first-order chi connectivity index (χ1) is 19.7. The Kier molecular flexibility index (Phi) is 9.27. The number of rotatable bonds is 8. The lowest BCUT2D eigenvalue weighted by Gasteiger charge is -2.25. The van der Waals surface area contributed by atoms with E-state index in [1.807, 2.05) is 0 Å². The Hall–Kier alpha value is -4.44. The predicted molar refractivity (Wildman–Crippen MR) is 142 cm³/mol. The number of benzene rings is 2. The van der Waals surface area contributed by atoms with Crippen molar-refractivity contribution in [1.29, 1.82) is 0 Å². The fraction of sp³-hybridized carbons (Fsp3) is 0.208. The quantitative estimate of drug-likeness (QED) is 0.236. The lowest BCUT2D eigenvalue weighted by molar-refractivity contribution is -0.275. The van der Waals surface area contributed by atoms with Gasteiger partial charge < -0.3 is 24.3 Å². The zero-order valence-electron chi connectivity index (χ0n) is 22.9. The van der Waals surface area contributed by atoms with Crippen molar-refractivity contribution in [2.24, 2.45) is 0 Å². The fourth-order valence-electron chi connectivity index (χ4n) is 3.46. The van der Waals surface area contributed by atoms with E-state index in [4.69, 9.17) is 9.47 Å². The average Bonchev–Trinajstić information content (AvgIpc) is 2.86. The maximum absolute atomic E-state index is 15.4. The van der Waals surface area contributed by atoms with Crippen molar-refractivity contribution >= 4 is 41.1 Å². The smallest absolute Gasteiger partial charge is 0.508 e. The highest BCUT2D eigenvalue weighted by Gasteiger charge is 2.38. The van der Waals surface area contributed by atoms with Crippen LogP contribution in [0.5, 0.6) is 23.0 Å². The van der Waals surface area contributed by atoms with E-state index in [9.17, 15) is 35.9 Å². The minimum Gasteiger partial charge on any atom is -0.508 e. The molecule has 0 fully saturated rings. The number of anilines is 1. The number of aryl methyl sites for hydroxylation is 1. The van der Waals surface area contributed by atoms with E-state index in [-0.39, 0.29) is 23.0 Å². The number of ether oxygens (including phenoxy) is 4. The molecule has 0 bridgehead atoms. The Balaban J connectivity index is 2.18. The van der Waals surface area contributed by atoms with Crippen LogP contribution in [0.2, 0.25) is 0 Å². The third kappa shape index (κ3) is 8.11. The molecule has 43 heavy (non-hydrogen) atoms. The number of carbonyl (C=O) groups is 2. The summed E-state index contributed by atoms with van der Waals surface area (Å²) in [7, 11) is 5.23. The number of amides is 1. The van der Waals surface area contributed by atoms with E-state index in [2.05, 4.69) is 19.8 Å². The molecule has 0 unspecified atom stereocenters. The van der Waals surface area contributed by atoms with Crippen LogP contribution >= 0.6 is 0 Å². The molecule has 0 aliphatic heterocycles. The third-order valence-electron chi connectivity index (χ3n) is 5.26. The van der Waals surface area contributed by atoms with Crippen LogP contribution in [0.1, 0.15) is 32.0 Å². The van der Waals surface area contributed by atoms with Gasteiger partial charge in [0.1, 0.15) is 40.5 Å². The van der Waals surface area contributed by atoms with Crippen LogP contribution in [0.25, 0.3) is 0 Å². The predicted octanol–water partition coefficient (Wildman–Crippen LogP) is 3.31. The molecule has 3 aromatic rings. The topological polar surface area (TPSA) is 96.0 Å². The van der Waals surface area contributed by atoms with Crippen LogP contribution in [-0.4, -0.2) is 59.2 Å². The number of hydrogen-bond donors (Lipinski definition) is 1. The first-order valence-electron chi connectivity index (χ1n) is 11.9. The molecule has 0 radical (unpaired) electrons. The van der Waals surface area contributed by atoms with Gasteiger partial charge in [-0.1, -0.05) is 0 Å². The second-order valence-corrected chi connectivity index (χ2v) is 9.70. The third-order valence-corrected chi connectivity index (χ3v) is 5.26. The van der Waals surface area contributed by atoms with Gasteiger partial charge in [0.25, 0.3) is 5.91 Å². The van der Waals surface area contributed by atoms with Crippen LogP contribution in [-0.2, 0) is 10.9 Å². The normalized spacial score (nSPS) is 12.0. The van der Waals surface area contributed by atoms with Gasteiger partial charge in [-0.15, -0.1) is 13.2 Å². The number of nitrogens with one attached hydrogen (secondary N) is 1. The number of aromatic nitrogens is 1. The lowest BCUT2D eigenvalue weighted by Crippen LogP contribution is -2.38. The number of nitrogens with zero attached hydrogens (tertiary/aromatic N) is 1. The van der Waals surface area contributed by atoms with Crippen LogP contribution in [0.3, 0.4) is 0 Å². The largest absolute Gasteiger partial charge is 0.573 e. The van der Waals surface area contributed by atoms with Gasteiger partial charge in [-0.2, -0.15) is 17.6 Å². The van der Waals surface area contributed by atoms with Crippen molar-refractivity contribution in [2.75, 3.05) is 12.4 Å². The van der Waals surface area contributed by atoms with E-state index in [1.165, 1.54) is 30.5 Å². The van der Waals surface area contributed by atoms with Gasteiger partial charge in [0, 0.05) is 17.2 Å². The number of pyridine rings is 1. The summed E-state index contributed by atoms with van der Waals surface area (Å²) in [6, 6.07) is 3.03. The first kappa shape index (κ1) is 33.1. The number of methoxy groups -OCH3 is 1. The molecule has 0 saturated heterocycles. The van der Waals surface area contributed by atoms with Gasteiger partial charge in [0.05, 0.1) is 12.7 Å². The summed E-state index contributed by atoms with van der Waals surface area (Å²) in [4.78, 5) is 28.9. The lowest BCUT2D eigenvalue weighted by atomic mass is 9.52. The van der Waals surface area contributed by atoms with Gasteiger partial charge in [0.2, 0.25) is 5.82 Å². The molecule has 0 saturated carbocycles. The highest BCUT2D eigenvalue weighted by Crippen LogP contribution is 2.43. The molecule has 2 aromatic carbocycles. The van der Waals surface area contributed by atoms with Gasteiger partial charge >= 0.3 is 18.5 Å². The summed E-state index contributed by atoms with van der Waals surface area (Å²) >= 11 is 0. The molecule has 3 rings (SSSR count). The molecule has 8 nitrogen and oxygen atoms in total. The SMILES string of the molecule is BC(B)(B)Oc1c(Oc2ccc(C(F)(F)F)c(F)c2C(=O)Nc2cc(C(=O)OC)ncc2C)ccc(OC(F)(F)F)c1F. The zero-order chi connectivity index (χ0) is 32.5. The average molecular weight is 616 g/mol. The van der Waals surface area contributed by atoms with Gasteiger partial charge in [-0.05, 0) is 42.8 Å². The monoisotopic (exact) mass is 616 g/mol. The molecule has 19 heteroatoms. The highest BCUT2D eigenvalue weighted by atomic mass is 19.4. The summed E-state index contributed by atoms with van der Waals surface area (Å²) in [6.07, 6.45) is -9.44. The minimum atomic E-state index is -5.30. The first-order valence-corrected chi connectivity index (χ1v) is 11.9. The molecule has 1 amide bonds.